The minimum atomic E-state index is 0.854. The minimum absolute atomic E-state index is 0.854. The average molecular weight is 169 g/mol. The lowest BCUT2D eigenvalue weighted by Crippen LogP contribution is -2.41. The molecule has 12 heavy (non-hydrogen) atoms. The maximum absolute atomic E-state index is 2.69. The normalized spacial score (nSPS) is 26.5. The third kappa shape index (κ3) is 2.48. The van der Waals surface area contributed by atoms with E-state index in [0.29, 0.717) is 0 Å². The summed E-state index contributed by atoms with van der Waals surface area (Å²) in [5.74, 6) is 0.930. The second-order valence-electron chi connectivity index (χ2n) is 4.21. The molecule has 1 fully saturated rings. The van der Waals surface area contributed by atoms with Crippen molar-refractivity contribution in [1.29, 1.82) is 0 Å². The van der Waals surface area contributed by atoms with Crippen molar-refractivity contribution >= 4 is 0 Å². The molecule has 0 aromatic rings. The molecule has 1 saturated heterocycles. The second-order valence-corrected chi connectivity index (χ2v) is 4.21. The highest BCUT2D eigenvalue weighted by Gasteiger charge is 2.20. The Morgan fingerprint density at radius 1 is 1.33 bits per heavy atom. The Morgan fingerprint density at radius 3 is 2.50 bits per heavy atom. The molecule has 0 amide bonds. The number of hydrogen-bond donors (Lipinski definition) is 0. The van der Waals surface area contributed by atoms with Gasteiger partial charge in [0.2, 0.25) is 0 Å². The summed E-state index contributed by atoms with van der Waals surface area (Å²) in [4.78, 5) is 2.69. The summed E-state index contributed by atoms with van der Waals surface area (Å²) >= 11 is 0. The fraction of sp³-hybridized carbons (Fsp3) is 1.00. The van der Waals surface area contributed by atoms with Gasteiger partial charge in [0.15, 0.2) is 0 Å². The number of piperidine rings is 1. The number of nitrogens with zero attached hydrogens (tertiary/aromatic N) is 1. The zero-order valence-corrected chi connectivity index (χ0v) is 8.84. The van der Waals surface area contributed by atoms with Crippen molar-refractivity contribution in [3.63, 3.8) is 0 Å². The molecule has 0 N–H and O–H groups in total. The van der Waals surface area contributed by atoms with E-state index < -0.39 is 0 Å². The standard InChI is InChI=1S/C11H23N/c1-4-11(5-2)12-8-6-7-10(3)9-12/h10-11H,4-9H2,1-3H3. The maximum Gasteiger partial charge on any atom is 0.00901 e. The smallest absolute Gasteiger partial charge is 0.00901 e. The van der Waals surface area contributed by atoms with Gasteiger partial charge in [-0.2, -0.15) is 0 Å². The van der Waals surface area contributed by atoms with E-state index >= 15 is 0 Å². The van der Waals surface area contributed by atoms with Crippen LogP contribution in [0.1, 0.15) is 46.5 Å². The van der Waals surface area contributed by atoms with Crippen LogP contribution in [0.25, 0.3) is 0 Å². The van der Waals surface area contributed by atoms with Gasteiger partial charge in [-0.1, -0.05) is 20.8 Å². The van der Waals surface area contributed by atoms with Crippen molar-refractivity contribution in [3.8, 4) is 0 Å². The van der Waals surface area contributed by atoms with Gasteiger partial charge >= 0.3 is 0 Å². The van der Waals surface area contributed by atoms with Gasteiger partial charge in [-0.25, -0.2) is 0 Å². The monoisotopic (exact) mass is 169 g/mol. The van der Waals surface area contributed by atoms with Gasteiger partial charge in [-0.05, 0) is 38.1 Å². The van der Waals surface area contributed by atoms with Gasteiger partial charge < -0.3 is 4.90 Å². The zero-order chi connectivity index (χ0) is 8.97. The first-order valence-electron chi connectivity index (χ1n) is 5.52. The van der Waals surface area contributed by atoms with Crippen molar-refractivity contribution in [3.05, 3.63) is 0 Å². The third-order valence-electron chi connectivity index (χ3n) is 3.15. The summed E-state index contributed by atoms with van der Waals surface area (Å²) in [7, 11) is 0. The molecule has 0 aliphatic carbocycles. The molecule has 72 valence electrons. The summed E-state index contributed by atoms with van der Waals surface area (Å²) < 4.78 is 0. The fourth-order valence-electron chi connectivity index (χ4n) is 2.36. The van der Waals surface area contributed by atoms with E-state index in [9.17, 15) is 0 Å². The molecule has 1 heteroatoms. The molecule has 1 atom stereocenters. The Labute approximate surface area is 77.1 Å². The van der Waals surface area contributed by atoms with Crippen LogP contribution in [0.3, 0.4) is 0 Å². The summed E-state index contributed by atoms with van der Waals surface area (Å²) in [5.41, 5.74) is 0. The predicted octanol–water partition coefficient (Wildman–Crippen LogP) is 2.91. The Hall–Kier alpha value is -0.0400. The Balaban J connectivity index is 2.38. The summed E-state index contributed by atoms with van der Waals surface area (Å²) in [6, 6.07) is 0.854. The van der Waals surface area contributed by atoms with Crippen LogP contribution >= 0.6 is 0 Å². The average Bonchev–Trinajstić information content (AvgIpc) is 2.07. The van der Waals surface area contributed by atoms with E-state index in [2.05, 4.69) is 25.7 Å². The van der Waals surface area contributed by atoms with Crippen LogP contribution in [0, 0.1) is 5.92 Å². The summed E-state index contributed by atoms with van der Waals surface area (Å²) in [5, 5.41) is 0. The lowest BCUT2D eigenvalue weighted by Gasteiger charge is -2.36. The quantitative estimate of drug-likeness (QED) is 0.628. The molecule has 1 rings (SSSR count). The highest BCUT2D eigenvalue weighted by molar-refractivity contribution is 4.75. The molecule has 1 aliphatic heterocycles. The second kappa shape index (κ2) is 4.86. The summed E-state index contributed by atoms with van der Waals surface area (Å²) in [6.07, 6.45) is 5.50. The van der Waals surface area contributed by atoms with Gasteiger partial charge in [-0.3, -0.25) is 0 Å². The van der Waals surface area contributed by atoms with E-state index in [-0.39, 0.29) is 0 Å². The van der Waals surface area contributed by atoms with Crippen molar-refractivity contribution in [1.82, 2.24) is 4.90 Å². The van der Waals surface area contributed by atoms with Crippen LogP contribution < -0.4 is 0 Å². The number of hydrogen-bond acceptors (Lipinski definition) is 1. The molecule has 1 aliphatic rings. The van der Waals surface area contributed by atoms with Crippen LogP contribution in [-0.4, -0.2) is 24.0 Å². The molecule has 1 unspecified atom stereocenters. The fourth-order valence-corrected chi connectivity index (χ4v) is 2.36. The lowest BCUT2D eigenvalue weighted by atomic mass is 9.97. The molecule has 0 bridgehead atoms. The molecule has 1 heterocycles. The van der Waals surface area contributed by atoms with E-state index in [1.807, 2.05) is 0 Å². The van der Waals surface area contributed by atoms with E-state index in [1.54, 1.807) is 0 Å². The maximum atomic E-state index is 2.69. The third-order valence-corrected chi connectivity index (χ3v) is 3.15. The number of rotatable bonds is 3. The summed E-state index contributed by atoms with van der Waals surface area (Å²) in [6.45, 7) is 9.69. The topological polar surface area (TPSA) is 3.24 Å². The van der Waals surface area contributed by atoms with E-state index in [4.69, 9.17) is 0 Å². The molecule has 1 nitrogen and oxygen atoms in total. The zero-order valence-electron chi connectivity index (χ0n) is 8.84. The van der Waals surface area contributed by atoms with Gasteiger partial charge in [-0.15, -0.1) is 0 Å². The predicted molar refractivity (Wildman–Crippen MR) is 54.3 cm³/mol. The van der Waals surface area contributed by atoms with Gasteiger partial charge in [0, 0.05) is 12.6 Å². The molecule has 0 aromatic carbocycles. The van der Waals surface area contributed by atoms with Crippen molar-refractivity contribution in [2.75, 3.05) is 13.1 Å². The molecular weight excluding hydrogens is 146 g/mol. The van der Waals surface area contributed by atoms with Gasteiger partial charge in [0.25, 0.3) is 0 Å². The molecular formula is C11H23N. The van der Waals surface area contributed by atoms with Crippen LogP contribution in [-0.2, 0) is 0 Å². The van der Waals surface area contributed by atoms with Crippen LogP contribution in [0.4, 0.5) is 0 Å². The SMILES string of the molecule is CCC(CC)N1CCCC(C)C1. The van der Waals surface area contributed by atoms with Crippen LogP contribution in [0.2, 0.25) is 0 Å². The Morgan fingerprint density at radius 2 is 2.00 bits per heavy atom. The highest BCUT2D eigenvalue weighted by Crippen LogP contribution is 2.20. The van der Waals surface area contributed by atoms with Gasteiger partial charge in [0.1, 0.15) is 0 Å². The first-order chi connectivity index (χ1) is 5.77. The number of likely N-dealkylation sites (tertiary alicyclic amines) is 1. The van der Waals surface area contributed by atoms with Crippen LogP contribution in [0.15, 0.2) is 0 Å². The Bertz CT molecular complexity index is 118. The van der Waals surface area contributed by atoms with Gasteiger partial charge in [0.05, 0.1) is 0 Å². The minimum Gasteiger partial charge on any atom is -0.300 e. The first kappa shape index (κ1) is 10.0. The largest absolute Gasteiger partial charge is 0.300 e. The Kier molecular flexibility index (Phi) is 4.07. The molecule has 0 saturated carbocycles. The van der Waals surface area contributed by atoms with Crippen LogP contribution in [0.5, 0.6) is 0 Å². The molecule has 0 spiro atoms. The highest BCUT2D eigenvalue weighted by atomic mass is 15.2. The van der Waals surface area contributed by atoms with Crippen molar-refractivity contribution < 1.29 is 0 Å². The molecule has 0 aromatic heterocycles. The first-order valence-corrected chi connectivity index (χ1v) is 5.52. The lowest BCUT2D eigenvalue weighted by molar-refractivity contribution is 0.123. The van der Waals surface area contributed by atoms with E-state index in [0.717, 1.165) is 12.0 Å². The molecule has 0 radical (unpaired) electrons. The van der Waals surface area contributed by atoms with Crippen molar-refractivity contribution in [2.45, 2.75) is 52.5 Å². The van der Waals surface area contributed by atoms with Crippen molar-refractivity contribution in [2.24, 2.45) is 5.92 Å². The van der Waals surface area contributed by atoms with E-state index in [1.165, 1.54) is 38.8 Å².